The van der Waals surface area contributed by atoms with Gasteiger partial charge in [-0.3, -0.25) is 9.59 Å². The fraction of sp³-hybridized carbons (Fsp3) is 0.531. The number of benzene rings is 2. The summed E-state index contributed by atoms with van der Waals surface area (Å²) in [6, 6.07) is 13.7. The summed E-state index contributed by atoms with van der Waals surface area (Å²) in [6.07, 6.45) is 1.70. The van der Waals surface area contributed by atoms with Gasteiger partial charge in [0, 0.05) is 18.0 Å². The largest absolute Gasteiger partial charge is 0.508 e. The van der Waals surface area contributed by atoms with E-state index in [-0.39, 0.29) is 24.1 Å². The smallest absolute Gasteiger partial charge is 0.408 e. The molecule has 0 aliphatic carbocycles. The van der Waals surface area contributed by atoms with E-state index in [1.54, 1.807) is 37.8 Å². The number of phenolic OH excluding ortho intramolecular Hbond substituents is 1. The lowest BCUT2D eigenvalue weighted by molar-refractivity contribution is -0.149. The summed E-state index contributed by atoms with van der Waals surface area (Å²) in [4.78, 5) is 43.0. The molecule has 8 nitrogen and oxygen atoms in total. The Kier molecular flexibility index (Phi) is 11.6. The van der Waals surface area contributed by atoms with Crippen LogP contribution in [-0.4, -0.2) is 51.1 Å². The second-order valence-electron chi connectivity index (χ2n) is 12.0. The van der Waals surface area contributed by atoms with Crippen molar-refractivity contribution in [3.05, 3.63) is 65.7 Å². The van der Waals surface area contributed by atoms with Crippen molar-refractivity contribution in [2.45, 2.75) is 110 Å². The Labute approximate surface area is 239 Å². The predicted molar refractivity (Wildman–Crippen MR) is 158 cm³/mol. The van der Waals surface area contributed by atoms with Crippen LogP contribution in [0.2, 0.25) is 0 Å². The van der Waals surface area contributed by atoms with Crippen LogP contribution in [0.1, 0.15) is 91.8 Å². The molecule has 40 heavy (non-hydrogen) atoms. The van der Waals surface area contributed by atoms with Crippen LogP contribution < -0.4 is 10.6 Å². The van der Waals surface area contributed by atoms with Gasteiger partial charge >= 0.3 is 6.09 Å². The minimum absolute atomic E-state index is 0.0712. The first-order chi connectivity index (χ1) is 18.7. The summed E-state index contributed by atoms with van der Waals surface area (Å²) >= 11 is 0. The number of carbonyl (C=O) groups excluding carboxylic acids is 3. The van der Waals surface area contributed by atoms with Crippen molar-refractivity contribution >= 4 is 17.9 Å². The molecule has 2 rings (SSSR count). The summed E-state index contributed by atoms with van der Waals surface area (Å²) in [5, 5.41) is 15.6. The molecule has 0 heterocycles. The van der Waals surface area contributed by atoms with Crippen molar-refractivity contribution < 1.29 is 24.2 Å². The summed E-state index contributed by atoms with van der Waals surface area (Å²) in [6.45, 7) is 15.1. The normalized spacial score (nSPS) is 14.0. The number of phenols is 1. The molecular formula is C32H47N3O5. The van der Waals surface area contributed by atoms with Crippen LogP contribution in [0.3, 0.4) is 0 Å². The first-order valence-electron chi connectivity index (χ1n) is 14.1. The number of aromatic hydroxyl groups is 1. The van der Waals surface area contributed by atoms with Crippen molar-refractivity contribution in [3.8, 4) is 5.75 Å². The van der Waals surface area contributed by atoms with Gasteiger partial charge in [-0.05, 0) is 77.6 Å². The van der Waals surface area contributed by atoms with E-state index in [1.165, 1.54) is 12.1 Å². The minimum atomic E-state index is -1.03. The zero-order valence-electron chi connectivity index (χ0n) is 25.3. The first kappa shape index (κ1) is 32.7. The first-order valence-corrected chi connectivity index (χ1v) is 14.1. The van der Waals surface area contributed by atoms with Gasteiger partial charge in [-0.15, -0.1) is 0 Å². The molecule has 220 valence electrons. The molecule has 0 radical (unpaired) electrons. The Morgan fingerprint density at radius 3 is 2.05 bits per heavy atom. The van der Waals surface area contributed by atoms with Crippen molar-refractivity contribution in [1.29, 1.82) is 0 Å². The molecule has 3 atom stereocenters. The zero-order chi connectivity index (χ0) is 30.1. The molecule has 0 aliphatic rings. The zero-order valence-corrected chi connectivity index (χ0v) is 25.3. The maximum Gasteiger partial charge on any atom is 0.408 e. The highest BCUT2D eigenvalue weighted by molar-refractivity contribution is 5.93. The highest BCUT2D eigenvalue weighted by Gasteiger charge is 2.43. The number of nitrogens with zero attached hydrogens (tertiary/aromatic N) is 1. The number of nitrogens with one attached hydrogen (secondary N) is 2. The van der Waals surface area contributed by atoms with Crippen molar-refractivity contribution in [2.75, 3.05) is 0 Å². The van der Waals surface area contributed by atoms with Crippen LogP contribution >= 0.6 is 0 Å². The van der Waals surface area contributed by atoms with Gasteiger partial charge in [-0.2, -0.15) is 0 Å². The standard InChI is InChI=1S/C32H47N3O5/c1-9-14-22(3)33-28(37)27(24-15-12-11-13-16-24)35(32(7,8)10-2)29(38)26(34-30(39)40-31(4,5)6)21-23-17-19-25(36)20-18-23/h11-13,15-20,22,26-27,36H,9-10,14,21H2,1-8H3,(H,33,37)(H,34,39). The average Bonchev–Trinajstić information content (AvgIpc) is 2.87. The number of rotatable bonds is 12. The Bertz CT molecular complexity index is 1110. The maximum absolute atomic E-state index is 14.6. The molecule has 0 spiro atoms. The Hall–Kier alpha value is -3.55. The van der Waals surface area contributed by atoms with Gasteiger partial charge in [-0.1, -0.05) is 62.7 Å². The predicted octanol–water partition coefficient (Wildman–Crippen LogP) is 5.89. The lowest BCUT2D eigenvalue weighted by Crippen LogP contribution is -2.60. The SMILES string of the molecule is CCCC(C)NC(=O)C(c1ccccc1)N(C(=O)C(Cc1ccc(O)cc1)NC(=O)OC(C)(C)C)C(C)(C)CC. The highest BCUT2D eigenvalue weighted by Crippen LogP contribution is 2.33. The number of hydrogen-bond donors (Lipinski definition) is 3. The van der Waals surface area contributed by atoms with Gasteiger partial charge in [0.1, 0.15) is 23.4 Å². The topological polar surface area (TPSA) is 108 Å². The third kappa shape index (κ3) is 9.57. The quantitative estimate of drug-likeness (QED) is 0.304. The van der Waals surface area contributed by atoms with Gasteiger partial charge in [0.25, 0.3) is 0 Å². The van der Waals surface area contributed by atoms with E-state index >= 15 is 0 Å². The molecular weight excluding hydrogens is 506 g/mol. The molecule has 2 aromatic rings. The molecule has 0 aliphatic heterocycles. The summed E-state index contributed by atoms with van der Waals surface area (Å²) in [7, 11) is 0. The number of hydrogen-bond acceptors (Lipinski definition) is 5. The van der Waals surface area contributed by atoms with Crippen molar-refractivity contribution in [3.63, 3.8) is 0 Å². The molecule has 8 heteroatoms. The van der Waals surface area contributed by atoms with Crippen LogP contribution in [0.5, 0.6) is 5.75 Å². The third-order valence-electron chi connectivity index (χ3n) is 6.85. The molecule has 0 fully saturated rings. The Morgan fingerprint density at radius 2 is 1.52 bits per heavy atom. The molecule has 0 saturated heterocycles. The van der Waals surface area contributed by atoms with E-state index < -0.39 is 35.2 Å². The molecule has 0 bridgehead atoms. The van der Waals surface area contributed by atoms with Crippen LogP contribution in [0.4, 0.5) is 4.79 Å². The van der Waals surface area contributed by atoms with E-state index in [1.807, 2.05) is 58.0 Å². The Morgan fingerprint density at radius 1 is 0.925 bits per heavy atom. The van der Waals surface area contributed by atoms with Gasteiger partial charge < -0.3 is 25.4 Å². The van der Waals surface area contributed by atoms with Crippen LogP contribution in [-0.2, 0) is 20.7 Å². The molecule has 0 aromatic heterocycles. The van der Waals surface area contributed by atoms with E-state index in [0.717, 1.165) is 18.4 Å². The van der Waals surface area contributed by atoms with Gasteiger partial charge in [0.05, 0.1) is 0 Å². The number of amides is 3. The lowest BCUT2D eigenvalue weighted by atomic mass is 9.91. The van der Waals surface area contributed by atoms with Crippen LogP contribution in [0.25, 0.3) is 0 Å². The minimum Gasteiger partial charge on any atom is -0.508 e. The Balaban J connectivity index is 2.62. The van der Waals surface area contributed by atoms with Crippen LogP contribution in [0, 0.1) is 0 Å². The molecule has 0 saturated carbocycles. The summed E-state index contributed by atoms with van der Waals surface area (Å²) in [5.74, 6) is -0.580. The monoisotopic (exact) mass is 553 g/mol. The van der Waals surface area contributed by atoms with Crippen molar-refractivity contribution in [1.82, 2.24) is 15.5 Å². The third-order valence-corrected chi connectivity index (χ3v) is 6.85. The number of alkyl carbamates (subject to hydrolysis) is 1. The number of ether oxygens (including phenoxy) is 1. The van der Waals surface area contributed by atoms with E-state index in [0.29, 0.717) is 12.0 Å². The van der Waals surface area contributed by atoms with Crippen molar-refractivity contribution in [2.24, 2.45) is 0 Å². The van der Waals surface area contributed by atoms with Gasteiger partial charge in [-0.25, -0.2) is 4.79 Å². The second kappa shape index (κ2) is 14.2. The maximum atomic E-state index is 14.6. The fourth-order valence-electron chi connectivity index (χ4n) is 4.51. The average molecular weight is 554 g/mol. The van der Waals surface area contributed by atoms with Gasteiger partial charge in [0.2, 0.25) is 11.8 Å². The highest BCUT2D eigenvalue weighted by atomic mass is 16.6. The molecule has 3 unspecified atom stereocenters. The van der Waals surface area contributed by atoms with E-state index in [2.05, 4.69) is 17.6 Å². The summed E-state index contributed by atoms with van der Waals surface area (Å²) < 4.78 is 5.50. The van der Waals surface area contributed by atoms with E-state index in [4.69, 9.17) is 4.74 Å². The lowest BCUT2D eigenvalue weighted by Gasteiger charge is -2.45. The second-order valence-corrected chi connectivity index (χ2v) is 12.0. The molecule has 2 aromatic carbocycles. The van der Waals surface area contributed by atoms with Crippen LogP contribution in [0.15, 0.2) is 54.6 Å². The summed E-state index contributed by atoms with van der Waals surface area (Å²) in [5.41, 5.74) is -0.0929. The number of carbonyl (C=O) groups is 3. The molecule has 3 N–H and O–H groups in total. The van der Waals surface area contributed by atoms with Gasteiger partial charge in [0.15, 0.2) is 0 Å². The van der Waals surface area contributed by atoms with E-state index in [9.17, 15) is 19.5 Å². The fourth-order valence-corrected chi connectivity index (χ4v) is 4.51. The molecule has 3 amide bonds.